The van der Waals surface area contributed by atoms with E-state index in [1.165, 1.54) is 69.2 Å². The molecule has 3 atom stereocenters. The molecule has 1 aromatic rings. The summed E-state index contributed by atoms with van der Waals surface area (Å²) in [4.78, 5) is 5.11. The fourth-order valence-electron chi connectivity index (χ4n) is 4.64. The van der Waals surface area contributed by atoms with Gasteiger partial charge in [-0.25, -0.2) is 0 Å². The number of benzene rings is 1. The standard InChI is InChI=1S/C20H30N2O/c1-15-8-11-19(21(15)2)20(22-12-3-4-13-22)23-18-10-9-16-6-5-7-17(16)14-18/h9-10,14-15,19-20H,3-8,11-13H2,1-2H3. The number of ether oxygens (including phenoxy) is 1. The molecule has 23 heavy (non-hydrogen) atoms. The number of hydrogen-bond acceptors (Lipinski definition) is 3. The van der Waals surface area contributed by atoms with E-state index in [-0.39, 0.29) is 6.23 Å². The molecule has 0 spiro atoms. The number of rotatable bonds is 4. The Morgan fingerprint density at radius 1 is 1.04 bits per heavy atom. The number of likely N-dealkylation sites (N-methyl/N-ethyl adjacent to an activating group) is 1. The summed E-state index contributed by atoms with van der Waals surface area (Å²) in [5.74, 6) is 1.08. The van der Waals surface area contributed by atoms with E-state index in [1.54, 1.807) is 0 Å². The predicted octanol–water partition coefficient (Wildman–Crippen LogP) is 3.46. The molecular formula is C20H30N2O. The second kappa shape index (κ2) is 6.45. The van der Waals surface area contributed by atoms with E-state index in [4.69, 9.17) is 4.74 Å². The Labute approximate surface area is 140 Å². The summed E-state index contributed by atoms with van der Waals surface area (Å²) in [6.45, 7) is 4.72. The molecule has 0 N–H and O–H groups in total. The molecule has 3 heteroatoms. The van der Waals surface area contributed by atoms with Gasteiger partial charge in [0.2, 0.25) is 0 Å². The van der Waals surface area contributed by atoms with E-state index in [0.29, 0.717) is 12.1 Å². The third-order valence-electron chi connectivity index (χ3n) is 6.26. The van der Waals surface area contributed by atoms with Crippen LogP contribution in [0.2, 0.25) is 0 Å². The second-order valence-electron chi connectivity index (χ2n) is 7.69. The minimum absolute atomic E-state index is 0.215. The number of hydrogen-bond donors (Lipinski definition) is 0. The van der Waals surface area contributed by atoms with Crippen molar-refractivity contribution in [2.45, 2.75) is 70.2 Å². The normalized spacial score (nSPS) is 29.8. The molecular weight excluding hydrogens is 284 g/mol. The van der Waals surface area contributed by atoms with E-state index in [9.17, 15) is 0 Å². The van der Waals surface area contributed by atoms with Gasteiger partial charge in [0.1, 0.15) is 5.75 Å². The van der Waals surface area contributed by atoms with Crippen molar-refractivity contribution in [3.05, 3.63) is 29.3 Å². The number of nitrogens with zero attached hydrogens (tertiary/aromatic N) is 2. The van der Waals surface area contributed by atoms with Gasteiger partial charge in [-0.1, -0.05) is 6.07 Å². The van der Waals surface area contributed by atoms with Gasteiger partial charge >= 0.3 is 0 Å². The lowest BCUT2D eigenvalue weighted by Gasteiger charge is -2.37. The van der Waals surface area contributed by atoms with Gasteiger partial charge in [-0.05, 0) is 82.2 Å². The van der Waals surface area contributed by atoms with Gasteiger partial charge in [0.15, 0.2) is 6.23 Å². The van der Waals surface area contributed by atoms with Crippen LogP contribution in [0.15, 0.2) is 18.2 Å². The van der Waals surface area contributed by atoms with Crippen LogP contribution in [0.1, 0.15) is 50.2 Å². The molecule has 1 aliphatic carbocycles. The van der Waals surface area contributed by atoms with Gasteiger partial charge in [0, 0.05) is 19.1 Å². The zero-order valence-electron chi connectivity index (χ0n) is 14.6. The van der Waals surface area contributed by atoms with Crippen molar-refractivity contribution in [3.63, 3.8) is 0 Å². The lowest BCUT2D eigenvalue weighted by atomic mass is 10.1. The third-order valence-corrected chi connectivity index (χ3v) is 6.26. The maximum absolute atomic E-state index is 6.61. The van der Waals surface area contributed by atoms with Gasteiger partial charge in [-0.15, -0.1) is 0 Å². The molecule has 2 aliphatic heterocycles. The summed E-state index contributed by atoms with van der Waals surface area (Å²) in [5, 5.41) is 0. The van der Waals surface area contributed by atoms with Crippen molar-refractivity contribution in [2.75, 3.05) is 20.1 Å². The topological polar surface area (TPSA) is 15.7 Å². The van der Waals surface area contributed by atoms with Crippen molar-refractivity contribution in [1.82, 2.24) is 9.80 Å². The Kier molecular flexibility index (Phi) is 4.33. The molecule has 0 radical (unpaired) electrons. The van der Waals surface area contributed by atoms with Gasteiger partial charge in [0.25, 0.3) is 0 Å². The fraction of sp³-hybridized carbons (Fsp3) is 0.700. The first-order valence-electron chi connectivity index (χ1n) is 9.47. The molecule has 4 rings (SSSR count). The summed E-state index contributed by atoms with van der Waals surface area (Å²) in [7, 11) is 2.28. The van der Waals surface area contributed by atoms with Crippen LogP contribution < -0.4 is 4.74 Å². The molecule has 0 bridgehead atoms. The largest absolute Gasteiger partial charge is 0.473 e. The van der Waals surface area contributed by atoms with Gasteiger partial charge < -0.3 is 4.74 Å². The zero-order chi connectivity index (χ0) is 15.8. The molecule has 0 amide bonds. The summed E-state index contributed by atoms with van der Waals surface area (Å²) < 4.78 is 6.61. The fourth-order valence-corrected chi connectivity index (χ4v) is 4.64. The molecule has 0 saturated carbocycles. The molecule has 2 fully saturated rings. The maximum atomic E-state index is 6.61. The van der Waals surface area contributed by atoms with Crippen LogP contribution >= 0.6 is 0 Å². The average molecular weight is 314 g/mol. The van der Waals surface area contributed by atoms with E-state index >= 15 is 0 Å². The van der Waals surface area contributed by atoms with Crippen LogP contribution in [0.3, 0.4) is 0 Å². The van der Waals surface area contributed by atoms with E-state index in [0.717, 1.165) is 5.75 Å². The summed E-state index contributed by atoms with van der Waals surface area (Å²) in [6, 6.07) is 8.00. The minimum Gasteiger partial charge on any atom is -0.473 e. The molecule has 0 aromatic heterocycles. The van der Waals surface area contributed by atoms with Crippen LogP contribution in [0.25, 0.3) is 0 Å². The average Bonchev–Trinajstić information content (AvgIpc) is 3.28. The molecule has 2 heterocycles. The summed E-state index contributed by atoms with van der Waals surface area (Å²) in [6.07, 6.45) is 9.16. The van der Waals surface area contributed by atoms with Crippen molar-refractivity contribution >= 4 is 0 Å². The number of aryl methyl sites for hydroxylation is 2. The van der Waals surface area contributed by atoms with Gasteiger partial charge in [0.05, 0.1) is 6.04 Å². The highest BCUT2D eigenvalue weighted by molar-refractivity contribution is 5.38. The van der Waals surface area contributed by atoms with Crippen molar-refractivity contribution in [1.29, 1.82) is 0 Å². The highest BCUT2D eigenvalue weighted by Gasteiger charge is 2.39. The quantitative estimate of drug-likeness (QED) is 0.846. The Bertz CT molecular complexity index is 553. The lowest BCUT2D eigenvalue weighted by Crippen LogP contribution is -2.51. The SMILES string of the molecule is CC1CCC(C(Oc2ccc3c(c2)CCC3)N2CCCC2)N1C. The number of fused-ring (bicyclic) bond motifs is 1. The first kappa shape index (κ1) is 15.5. The molecule has 3 aliphatic rings. The number of likely N-dealkylation sites (tertiary alicyclic amines) is 2. The molecule has 1 aromatic carbocycles. The van der Waals surface area contributed by atoms with Crippen LogP contribution in [-0.2, 0) is 12.8 Å². The Hall–Kier alpha value is -1.06. The first-order chi connectivity index (χ1) is 11.2. The first-order valence-corrected chi connectivity index (χ1v) is 9.47. The molecule has 126 valence electrons. The van der Waals surface area contributed by atoms with Gasteiger partial charge in [-0.3, -0.25) is 9.80 Å². The zero-order valence-corrected chi connectivity index (χ0v) is 14.6. The van der Waals surface area contributed by atoms with Gasteiger partial charge in [-0.2, -0.15) is 0 Å². The van der Waals surface area contributed by atoms with Crippen LogP contribution in [0, 0.1) is 0 Å². The highest BCUT2D eigenvalue weighted by atomic mass is 16.5. The molecule has 3 unspecified atom stereocenters. The van der Waals surface area contributed by atoms with E-state index < -0.39 is 0 Å². The van der Waals surface area contributed by atoms with Crippen molar-refractivity contribution in [2.24, 2.45) is 0 Å². The second-order valence-corrected chi connectivity index (χ2v) is 7.69. The highest BCUT2D eigenvalue weighted by Crippen LogP contribution is 2.32. The summed E-state index contributed by atoms with van der Waals surface area (Å²) >= 11 is 0. The smallest absolute Gasteiger partial charge is 0.168 e. The van der Waals surface area contributed by atoms with Crippen molar-refractivity contribution < 1.29 is 4.74 Å². The Balaban J connectivity index is 1.55. The Morgan fingerprint density at radius 2 is 1.83 bits per heavy atom. The van der Waals surface area contributed by atoms with E-state index in [2.05, 4.69) is 42.0 Å². The molecule has 2 saturated heterocycles. The van der Waals surface area contributed by atoms with E-state index in [1.807, 2.05) is 0 Å². The lowest BCUT2D eigenvalue weighted by molar-refractivity contribution is -0.0179. The molecule has 3 nitrogen and oxygen atoms in total. The van der Waals surface area contributed by atoms with Crippen LogP contribution in [-0.4, -0.2) is 48.2 Å². The van der Waals surface area contributed by atoms with Crippen molar-refractivity contribution in [3.8, 4) is 5.75 Å². The minimum atomic E-state index is 0.215. The van der Waals surface area contributed by atoms with Crippen LogP contribution in [0.5, 0.6) is 5.75 Å². The third kappa shape index (κ3) is 3.01. The monoisotopic (exact) mass is 314 g/mol. The maximum Gasteiger partial charge on any atom is 0.168 e. The Morgan fingerprint density at radius 3 is 2.57 bits per heavy atom. The van der Waals surface area contributed by atoms with Crippen LogP contribution in [0.4, 0.5) is 0 Å². The predicted molar refractivity (Wildman–Crippen MR) is 93.9 cm³/mol. The summed E-state index contributed by atoms with van der Waals surface area (Å²) in [5.41, 5.74) is 3.04.